The summed E-state index contributed by atoms with van der Waals surface area (Å²) < 4.78 is 5.52. The van der Waals surface area contributed by atoms with Crippen molar-refractivity contribution in [3.05, 3.63) is 90.0 Å². The highest BCUT2D eigenvalue weighted by Gasteiger charge is 2.05. The van der Waals surface area contributed by atoms with Crippen molar-refractivity contribution in [3.8, 4) is 16.9 Å². The van der Waals surface area contributed by atoms with Crippen LogP contribution in [-0.4, -0.2) is 18.2 Å². The summed E-state index contributed by atoms with van der Waals surface area (Å²) in [7, 11) is 0. The number of rotatable bonds is 6. The van der Waals surface area contributed by atoms with E-state index in [9.17, 15) is 4.79 Å². The lowest BCUT2D eigenvalue weighted by Gasteiger charge is -2.08. The maximum absolute atomic E-state index is 12.0. The van der Waals surface area contributed by atoms with Crippen LogP contribution in [0.15, 0.2) is 84.0 Å². The second kappa shape index (κ2) is 8.81. The van der Waals surface area contributed by atoms with Crippen molar-refractivity contribution in [2.45, 2.75) is 13.8 Å². The van der Waals surface area contributed by atoms with Gasteiger partial charge in [-0.25, -0.2) is 5.43 Å². The topological polar surface area (TPSA) is 50.7 Å². The molecule has 4 heteroatoms. The van der Waals surface area contributed by atoms with Gasteiger partial charge in [-0.1, -0.05) is 72.8 Å². The van der Waals surface area contributed by atoms with Crippen molar-refractivity contribution < 1.29 is 9.53 Å². The number of carbonyl (C=O) groups is 1. The first-order valence-corrected chi connectivity index (χ1v) is 8.81. The van der Waals surface area contributed by atoms with E-state index in [1.54, 1.807) is 0 Å². The zero-order valence-electron chi connectivity index (χ0n) is 15.5. The third kappa shape index (κ3) is 5.05. The molecule has 0 saturated heterocycles. The average Bonchev–Trinajstić information content (AvgIpc) is 2.72. The molecule has 0 aromatic heterocycles. The second-order valence-corrected chi connectivity index (χ2v) is 6.23. The number of nitrogens with one attached hydrogen (secondary N) is 1. The van der Waals surface area contributed by atoms with Gasteiger partial charge in [0.15, 0.2) is 6.61 Å². The molecular weight excluding hydrogens is 336 g/mol. The summed E-state index contributed by atoms with van der Waals surface area (Å²) in [5, 5.41) is 4.17. The summed E-state index contributed by atoms with van der Waals surface area (Å²) in [6.07, 6.45) is 0. The maximum atomic E-state index is 12.0. The third-order valence-corrected chi connectivity index (χ3v) is 4.21. The fourth-order valence-corrected chi connectivity index (χ4v) is 2.64. The molecule has 1 N–H and O–H groups in total. The number of benzene rings is 3. The number of hydrogen-bond donors (Lipinski definition) is 1. The van der Waals surface area contributed by atoms with Crippen molar-refractivity contribution >= 4 is 11.6 Å². The molecule has 1 amide bonds. The molecule has 4 nitrogen and oxygen atoms in total. The fraction of sp³-hybridized carbons (Fsp3) is 0.130. The summed E-state index contributed by atoms with van der Waals surface area (Å²) in [4.78, 5) is 12.0. The van der Waals surface area contributed by atoms with Crippen LogP contribution in [0.25, 0.3) is 11.1 Å². The van der Waals surface area contributed by atoms with Crippen LogP contribution in [0.4, 0.5) is 0 Å². The molecule has 136 valence electrons. The lowest BCUT2D eigenvalue weighted by Crippen LogP contribution is -2.25. The van der Waals surface area contributed by atoms with Crippen LogP contribution in [0, 0.1) is 6.92 Å². The molecule has 0 fully saturated rings. The van der Waals surface area contributed by atoms with Gasteiger partial charge in [0.2, 0.25) is 0 Å². The summed E-state index contributed by atoms with van der Waals surface area (Å²) in [5.74, 6) is 0.406. The molecule has 0 aliphatic rings. The molecule has 0 radical (unpaired) electrons. The largest absolute Gasteiger partial charge is 0.483 e. The average molecular weight is 358 g/mol. The Kier molecular flexibility index (Phi) is 6.00. The summed E-state index contributed by atoms with van der Waals surface area (Å²) in [6.45, 7) is 3.73. The highest BCUT2D eigenvalue weighted by Crippen LogP contribution is 2.19. The van der Waals surface area contributed by atoms with Gasteiger partial charge >= 0.3 is 0 Å². The van der Waals surface area contributed by atoms with Crippen LogP contribution in [0.3, 0.4) is 0 Å². The van der Waals surface area contributed by atoms with Crippen molar-refractivity contribution in [1.29, 1.82) is 0 Å². The smallest absolute Gasteiger partial charge is 0.277 e. The molecule has 0 aliphatic carbocycles. The standard InChI is InChI=1S/C23H22N2O2/c1-17-8-6-7-11-22(17)27-16-23(26)25-24-18(2)19-12-14-21(15-13-19)20-9-4-3-5-10-20/h3-15H,16H2,1-2H3,(H,25,26)/b24-18+. The number of carbonyl (C=O) groups excluding carboxylic acids is 1. The Bertz CT molecular complexity index is 932. The molecule has 3 aromatic rings. The van der Waals surface area contributed by atoms with E-state index in [1.165, 1.54) is 5.56 Å². The van der Waals surface area contributed by atoms with Crippen molar-refractivity contribution in [3.63, 3.8) is 0 Å². The van der Waals surface area contributed by atoms with Gasteiger partial charge < -0.3 is 4.74 Å². The van der Waals surface area contributed by atoms with Gasteiger partial charge in [-0.2, -0.15) is 5.10 Å². The molecule has 3 aromatic carbocycles. The highest BCUT2D eigenvalue weighted by atomic mass is 16.5. The predicted molar refractivity (Wildman–Crippen MR) is 109 cm³/mol. The van der Waals surface area contributed by atoms with E-state index in [2.05, 4.69) is 22.7 Å². The molecule has 0 aliphatic heterocycles. The fourth-order valence-electron chi connectivity index (χ4n) is 2.64. The van der Waals surface area contributed by atoms with Crippen LogP contribution in [0.2, 0.25) is 0 Å². The van der Waals surface area contributed by atoms with E-state index in [4.69, 9.17) is 4.74 Å². The number of para-hydroxylation sites is 1. The van der Waals surface area contributed by atoms with Gasteiger partial charge in [0.25, 0.3) is 5.91 Å². The van der Waals surface area contributed by atoms with Crippen LogP contribution in [0.1, 0.15) is 18.1 Å². The summed E-state index contributed by atoms with van der Waals surface area (Å²) in [5.41, 5.74) is 7.53. The predicted octanol–water partition coefficient (Wildman–Crippen LogP) is 4.58. The number of hydrogen-bond acceptors (Lipinski definition) is 3. The van der Waals surface area contributed by atoms with E-state index in [-0.39, 0.29) is 12.5 Å². The van der Waals surface area contributed by atoms with Gasteiger partial charge in [0.05, 0.1) is 5.71 Å². The van der Waals surface area contributed by atoms with Crippen molar-refractivity contribution in [2.24, 2.45) is 5.10 Å². The molecule has 0 unspecified atom stereocenters. The number of aryl methyl sites for hydroxylation is 1. The summed E-state index contributed by atoms with van der Waals surface area (Å²) >= 11 is 0. The molecule has 3 rings (SSSR count). The zero-order valence-corrected chi connectivity index (χ0v) is 15.5. The minimum absolute atomic E-state index is 0.0748. The van der Waals surface area contributed by atoms with Gasteiger partial charge in [-0.15, -0.1) is 0 Å². The van der Waals surface area contributed by atoms with E-state index in [0.717, 1.165) is 22.4 Å². The van der Waals surface area contributed by atoms with Gasteiger partial charge in [0, 0.05) is 0 Å². The SMILES string of the molecule is C/C(=N\NC(=O)COc1ccccc1C)c1ccc(-c2ccccc2)cc1. The Morgan fingerprint density at radius 2 is 1.52 bits per heavy atom. The first-order chi connectivity index (χ1) is 13.1. The molecular formula is C23H22N2O2. The second-order valence-electron chi connectivity index (χ2n) is 6.23. The molecule has 27 heavy (non-hydrogen) atoms. The van der Waals surface area contributed by atoms with E-state index in [0.29, 0.717) is 5.75 Å². The lowest BCUT2D eigenvalue weighted by atomic mass is 10.0. The molecule has 0 bridgehead atoms. The van der Waals surface area contributed by atoms with Gasteiger partial charge in [-0.05, 0) is 42.2 Å². The van der Waals surface area contributed by atoms with Crippen molar-refractivity contribution in [1.82, 2.24) is 5.43 Å². The van der Waals surface area contributed by atoms with Crippen LogP contribution < -0.4 is 10.2 Å². The first-order valence-electron chi connectivity index (χ1n) is 8.81. The van der Waals surface area contributed by atoms with E-state index >= 15 is 0 Å². The molecule has 0 heterocycles. The lowest BCUT2D eigenvalue weighted by molar-refractivity contribution is -0.123. The van der Waals surface area contributed by atoms with Crippen molar-refractivity contribution in [2.75, 3.05) is 6.61 Å². The Morgan fingerprint density at radius 3 is 2.22 bits per heavy atom. The highest BCUT2D eigenvalue weighted by molar-refractivity contribution is 5.99. The Balaban J connectivity index is 1.57. The number of hydrazone groups is 1. The van der Waals surface area contributed by atoms with E-state index in [1.807, 2.05) is 80.6 Å². The molecule has 0 atom stereocenters. The minimum Gasteiger partial charge on any atom is -0.483 e. The number of ether oxygens (including phenoxy) is 1. The molecule has 0 spiro atoms. The van der Waals surface area contributed by atoms with Gasteiger partial charge in [0.1, 0.15) is 5.75 Å². The zero-order chi connectivity index (χ0) is 19.1. The number of nitrogens with zero attached hydrogens (tertiary/aromatic N) is 1. The minimum atomic E-state index is -0.293. The Hall–Kier alpha value is -3.40. The number of amides is 1. The van der Waals surface area contributed by atoms with Crippen LogP contribution in [0.5, 0.6) is 5.75 Å². The van der Waals surface area contributed by atoms with Crippen LogP contribution in [-0.2, 0) is 4.79 Å². The van der Waals surface area contributed by atoms with E-state index < -0.39 is 0 Å². The summed E-state index contributed by atoms with van der Waals surface area (Å²) in [6, 6.07) is 25.9. The first kappa shape index (κ1) is 18.4. The maximum Gasteiger partial charge on any atom is 0.277 e. The quantitative estimate of drug-likeness (QED) is 0.518. The normalized spacial score (nSPS) is 11.1. The molecule has 0 saturated carbocycles. The Morgan fingerprint density at radius 1 is 0.889 bits per heavy atom. The van der Waals surface area contributed by atoms with Gasteiger partial charge in [-0.3, -0.25) is 4.79 Å². The Labute approximate surface area is 159 Å². The monoisotopic (exact) mass is 358 g/mol. The van der Waals surface area contributed by atoms with Crippen LogP contribution >= 0.6 is 0 Å². The third-order valence-electron chi connectivity index (χ3n) is 4.21.